The summed E-state index contributed by atoms with van der Waals surface area (Å²) in [7, 11) is 0. The Labute approximate surface area is 69.9 Å². The van der Waals surface area contributed by atoms with Crippen LogP contribution in [0.1, 0.15) is 12.8 Å². The van der Waals surface area contributed by atoms with Gasteiger partial charge in [-0.25, -0.2) is 0 Å². The van der Waals surface area contributed by atoms with Crippen molar-refractivity contribution in [2.24, 2.45) is 5.92 Å². The zero-order valence-electron chi connectivity index (χ0n) is 6.69. The van der Waals surface area contributed by atoms with Gasteiger partial charge in [-0.05, 0) is 0 Å². The summed E-state index contributed by atoms with van der Waals surface area (Å²) in [6.07, 6.45) is 0.716. The van der Waals surface area contributed by atoms with E-state index >= 15 is 0 Å². The number of rotatable bonds is 3. The Hall–Kier alpha value is -0.970. The number of Topliss-reactive ketones (excluding diaryl/α,β-unsaturated/α-hetero) is 1. The minimum absolute atomic E-state index is 0.100. The average Bonchev–Trinajstić information content (AvgIpc) is 2.03. The normalized spacial score (nSPS) is 24.0. The molecule has 0 spiro atoms. The summed E-state index contributed by atoms with van der Waals surface area (Å²) in [6.45, 7) is 0.681. The lowest BCUT2D eigenvalue weighted by atomic mass is 9.97. The molecule has 0 aromatic rings. The van der Waals surface area contributed by atoms with E-state index in [0.717, 1.165) is 0 Å². The van der Waals surface area contributed by atoms with Crippen molar-refractivity contribution in [2.45, 2.75) is 12.8 Å². The van der Waals surface area contributed by atoms with E-state index in [-0.39, 0.29) is 18.2 Å². The third kappa shape index (κ3) is 2.58. The van der Waals surface area contributed by atoms with Gasteiger partial charge >= 0.3 is 0 Å². The first-order valence-corrected chi connectivity index (χ1v) is 3.92. The summed E-state index contributed by atoms with van der Waals surface area (Å²) in [4.78, 5) is 20.7. The fourth-order valence-corrected chi connectivity index (χ4v) is 1.20. The lowest BCUT2D eigenvalue weighted by Gasteiger charge is -2.18. The molecule has 1 rings (SSSR count). The first-order valence-electron chi connectivity index (χ1n) is 3.92. The Bertz CT molecular complexity index is 192. The molecule has 0 aliphatic carbocycles. The topological polar surface area (TPSA) is 69.4 Å². The van der Waals surface area contributed by atoms with Crippen LogP contribution in [0.15, 0.2) is 0 Å². The number of carbonyl (C=O) groups is 1. The Kier molecular flexibility index (Phi) is 3.16. The van der Waals surface area contributed by atoms with Gasteiger partial charge in [-0.2, -0.15) is 0 Å². The average molecular weight is 173 g/mol. The van der Waals surface area contributed by atoms with Gasteiger partial charge in [-0.15, -0.1) is 0 Å². The van der Waals surface area contributed by atoms with E-state index in [1.807, 2.05) is 0 Å². The van der Waals surface area contributed by atoms with Crippen molar-refractivity contribution in [3.63, 3.8) is 0 Å². The Morgan fingerprint density at radius 3 is 3.00 bits per heavy atom. The molecule has 0 bridgehead atoms. The summed E-state index contributed by atoms with van der Waals surface area (Å²) >= 11 is 0. The summed E-state index contributed by atoms with van der Waals surface area (Å²) < 4.78 is 5.04. The van der Waals surface area contributed by atoms with Crippen molar-refractivity contribution >= 4 is 5.78 Å². The van der Waals surface area contributed by atoms with E-state index in [1.54, 1.807) is 0 Å². The van der Waals surface area contributed by atoms with Gasteiger partial charge in [0.25, 0.3) is 0 Å². The highest BCUT2D eigenvalue weighted by molar-refractivity contribution is 5.81. The third-order valence-electron chi connectivity index (χ3n) is 1.93. The smallest absolute Gasteiger partial charge is 0.204 e. The zero-order valence-corrected chi connectivity index (χ0v) is 6.69. The first kappa shape index (κ1) is 9.12. The van der Waals surface area contributed by atoms with Crippen LogP contribution in [0.4, 0.5) is 0 Å². The molecule has 1 atom stereocenters. The highest BCUT2D eigenvalue weighted by Gasteiger charge is 2.23. The second-order valence-corrected chi connectivity index (χ2v) is 2.83. The van der Waals surface area contributed by atoms with Crippen LogP contribution in [0, 0.1) is 16.0 Å². The van der Waals surface area contributed by atoms with Crippen LogP contribution in [0.25, 0.3) is 0 Å². The minimum Gasteiger partial charge on any atom is -0.380 e. The fraction of sp³-hybridized carbons (Fsp3) is 0.857. The Morgan fingerprint density at radius 1 is 1.67 bits per heavy atom. The van der Waals surface area contributed by atoms with Gasteiger partial charge in [0, 0.05) is 23.7 Å². The number of carbonyl (C=O) groups excluding carboxylic acids is 1. The lowest BCUT2D eigenvalue weighted by Crippen LogP contribution is -2.29. The molecule has 0 aromatic heterocycles. The zero-order chi connectivity index (χ0) is 8.97. The number of ether oxygens (including phenoxy) is 1. The molecular weight excluding hydrogens is 162 g/mol. The van der Waals surface area contributed by atoms with Crippen LogP contribution >= 0.6 is 0 Å². The minimum atomic E-state index is -0.401. The van der Waals surface area contributed by atoms with E-state index in [1.165, 1.54) is 0 Å². The van der Waals surface area contributed by atoms with Crippen molar-refractivity contribution in [1.29, 1.82) is 0 Å². The highest BCUT2D eigenvalue weighted by Crippen LogP contribution is 2.13. The summed E-state index contributed by atoms with van der Waals surface area (Å²) in [5.74, 6) is -0.146. The van der Waals surface area contributed by atoms with Gasteiger partial charge in [0.1, 0.15) is 5.78 Å². The molecule has 68 valence electrons. The van der Waals surface area contributed by atoms with Crippen molar-refractivity contribution < 1.29 is 14.5 Å². The SMILES string of the molecule is O=C1CCOCC1CC[N+](=O)[O-]. The maximum Gasteiger partial charge on any atom is 0.204 e. The third-order valence-corrected chi connectivity index (χ3v) is 1.93. The van der Waals surface area contributed by atoms with Gasteiger partial charge in [0.15, 0.2) is 0 Å². The number of hydrogen-bond donors (Lipinski definition) is 0. The molecule has 1 aliphatic rings. The highest BCUT2D eigenvalue weighted by atomic mass is 16.6. The van der Waals surface area contributed by atoms with E-state index in [9.17, 15) is 14.9 Å². The van der Waals surface area contributed by atoms with Gasteiger partial charge in [0.05, 0.1) is 13.2 Å². The molecule has 5 nitrogen and oxygen atoms in total. The molecule has 0 saturated carbocycles. The Morgan fingerprint density at radius 2 is 2.42 bits per heavy atom. The van der Waals surface area contributed by atoms with E-state index in [0.29, 0.717) is 26.1 Å². The van der Waals surface area contributed by atoms with E-state index in [4.69, 9.17) is 4.74 Å². The predicted molar refractivity (Wildman–Crippen MR) is 40.4 cm³/mol. The molecule has 0 radical (unpaired) electrons. The van der Waals surface area contributed by atoms with Crippen LogP contribution in [-0.2, 0) is 9.53 Å². The van der Waals surface area contributed by atoms with Crippen LogP contribution in [0.2, 0.25) is 0 Å². The van der Waals surface area contributed by atoms with E-state index in [2.05, 4.69) is 0 Å². The molecule has 1 heterocycles. The van der Waals surface area contributed by atoms with Crippen LogP contribution < -0.4 is 0 Å². The fourth-order valence-electron chi connectivity index (χ4n) is 1.20. The van der Waals surface area contributed by atoms with Crippen LogP contribution in [0.3, 0.4) is 0 Å². The molecular formula is C7H11NO4. The predicted octanol–water partition coefficient (Wildman–Crippen LogP) is 0.259. The largest absolute Gasteiger partial charge is 0.380 e. The van der Waals surface area contributed by atoms with Crippen molar-refractivity contribution in [3.8, 4) is 0 Å². The Balaban J connectivity index is 2.29. The standard InChI is InChI=1S/C7H11NO4/c9-7-2-4-12-5-6(7)1-3-8(10)11/h6H,1-5H2. The van der Waals surface area contributed by atoms with Gasteiger partial charge in [0.2, 0.25) is 6.54 Å². The van der Waals surface area contributed by atoms with E-state index < -0.39 is 4.92 Å². The molecule has 0 N–H and O–H groups in total. The quantitative estimate of drug-likeness (QED) is 0.453. The summed E-state index contributed by atoms with van der Waals surface area (Å²) in [5.41, 5.74) is 0. The maximum atomic E-state index is 11.1. The number of nitro groups is 1. The van der Waals surface area contributed by atoms with Crippen LogP contribution in [0.5, 0.6) is 0 Å². The first-order chi connectivity index (χ1) is 5.70. The summed E-state index contributed by atoms with van der Waals surface area (Å²) in [6, 6.07) is 0. The second-order valence-electron chi connectivity index (χ2n) is 2.83. The van der Waals surface area contributed by atoms with Crippen molar-refractivity contribution in [1.82, 2.24) is 0 Å². The lowest BCUT2D eigenvalue weighted by molar-refractivity contribution is -0.481. The van der Waals surface area contributed by atoms with Crippen molar-refractivity contribution in [2.75, 3.05) is 19.8 Å². The molecule has 0 aromatic carbocycles. The molecule has 1 aliphatic heterocycles. The molecule has 1 saturated heterocycles. The number of hydrogen-bond acceptors (Lipinski definition) is 4. The monoisotopic (exact) mass is 173 g/mol. The van der Waals surface area contributed by atoms with Gasteiger partial charge in [-0.3, -0.25) is 14.9 Å². The van der Waals surface area contributed by atoms with Gasteiger partial charge in [-0.1, -0.05) is 0 Å². The van der Waals surface area contributed by atoms with Crippen LogP contribution in [-0.4, -0.2) is 30.5 Å². The number of nitrogens with zero attached hydrogens (tertiary/aromatic N) is 1. The molecule has 1 fully saturated rings. The molecule has 5 heteroatoms. The molecule has 12 heavy (non-hydrogen) atoms. The molecule has 0 amide bonds. The second kappa shape index (κ2) is 4.15. The number of ketones is 1. The summed E-state index contributed by atoms with van der Waals surface area (Å²) in [5, 5.41) is 10.0. The molecule has 1 unspecified atom stereocenters. The maximum absolute atomic E-state index is 11.1. The van der Waals surface area contributed by atoms with Gasteiger partial charge < -0.3 is 4.74 Å². The van der Waals surface area contributed by atoms with Crippen molar-refractivity contribution in [3.05, 3.63) is 10.1 Å².